The third-order valence-electron chi connectivity index (χ3n) is 1.74. The van der Waals surface area contributed by atoms with E-state index in [0.717, 1.165) is 0 Å². The summed E-state index contributed by atoms with van der Waals surface area (Å²) in [7, 11) is -3.62. The number of aromatic nitrogens is 1. The minimum atomic E-state index is -3.62. The molecule has 15 heavy (non-hydrogen) atoms. The van der Waals surface area contributed by atoms with Crippen LogP contribution in [0.25, 0.3) is 0 Å². The normalized spacial score (nSPS) is 14.1. The summed E-state index contributed by atoms with van der Waals surface area (Å²) in [6.07, 6.45) is 0. The number of rotatable bonds is 4. The van der Waals surface area contributed by atoms with Gasteiger partial charge in [-0.1, -0.05) is 11.3 Å². The van der Waals surface area contributed by atoms with Crippen LogP contribution in [-0.4, -0.2) is 26.0 Å². The van der Waals surface area contributed by atoms with E-state index in [9.17, 15) is 13.2 Å². The fourth-order valence-corrected chi connectivity index (χ4v) is 3.59. The maximum atomic E-state index is 11.7. The van der Waals surface area contributed by atoms with Crippen LogP contribution in [-0.2, 0) is 10.0 Å². The molecule has 1 aromatic rings. The molecule has 0 aliphatic heterocycles. The molecule has 1 heterocycles. The van der Waals surface area contributed by atoms with Gasteiger partial charge < -0.3 is 10.7 Å². The second-order valence-electron chi connectivity index (χ2n) is 3.19. The highest BCUT2D eigenvalue weighted by molar-refractivity contribution is 7.91. The van der Waals surface area contributed by atoms with Crippen LogP contribution in [0.15, 0.2) is 9.00 Å². The molecule has 0 saturated carbocycles. The summed E-state index contributed by atoms with van der Waals surface area (Å²) in [4.78, 5) is 13.0. The second kappa shape index (κ2) is 4.44. The van der Waals surface area contributed by atoms with E-state index in [0.29, 0.717) is 17.0 Å². The van der Waals surface area contributed by atoms with Crippen molar-refractivity contribution in [2.24, 2.45) is 5.73 Å². The molecule has 0 spiro atoms. The zero-order chi connectivity index (χ0) is 11.6. The van der Waals surface area contributed by atoms with Gasteiger partial charge in [-0.25, -0.2) is 13.1 Å². The zero-order valence-electron chi connectivity index (χ0n) is 8.40. The first kappa shape index (κ1) is 12.4. The second-order valence-corrected chi connectivity index (χ2v) is 6.08. The van der Waals surface area contributed by atoms with E-state index < -0.39 is 10.0 Å². The Morgan fingerprint density at radius 1 is 1.60 bits per heavy atom. The average molecular weight is 251 g/mol. The Morgan fingerprint density at radius 2 is 2.20 bits per heavy atom. The molecular formula is C7H13N3O3S2. The summed E-state index contributed by atoms with van der Waals surface area (Å²) in [6, 6.07) is -0.355. The Labute approximate surface area is 91.6 Å². The number of aryl methyl sites for hydroxylation is 1. The molecule has 86 valence electrons. The molecule has 6 nitrogen and oxygen atoms in total. The fraction of sp³-hybridized carbons (Fsp3) is 0.571. The number of hydrogen-bond donors (Lipinski definition) is 3. The van der Waals surface area contributed by atoms with Gasteiger partial charge in [-0.3, -0.25) is 4.79 Å². The number of aromatic amines is 1. The van der Waals surface area contributed by atoms with Crippen molar-refractivity contribution < 1.29 is 8.42 Å². The van der Waals surface area contributed by atoms with Gasteiger partial charge >= 0.3 is 4.87 Å². The van der Waals surface area contributed by atoms with Crippen molar-refractivity contribution in [3.05, 3.63) is 15.4 Å². The zero-order valence-corrected chi connectivity index (χ0v) is 10.0. The number of H-pyrrole nitrogens is 1. The molecule has 0 aliphatic carbocycles. The minimum Gasteiger partial charge on any atom is -0.329 e. The number of nitrogens with two attached hydrogens (primary N) is 1. The lowest BCUT2D eigenvalue weighted by Gasteiger charge is -2.10. The van der Waals surface area contributed by atoms with Crippen LogP contribution in [0.5, 0.6) is 0 Å². The van der Waals surface area contributed by atoms with Gasteiger partial charge in [0, 0.05) is 18.3 Å². The first-order valence-corrected chi connectivity index (χ1v) is 6.59. The van der Waals surface area contributed by atoms with Crippen LogP contribution < -0.4 is 15.3 Å². The Bertz CT molecular complexity index is 488. The number of thiazole rings is 1. The number of nitrogens with one attached hydrogen (secondary N) is 2. The molecule has 0 bridgehead atoms. The fourth-order valence-electron chi connectivity index (χ4n) is 1.01. The van der Waals surface area contributed by atoms with Crippen molar-refractivity contribution >= 4 is 21.4 Å². The predicted molar refractivity (Wildman–Crippen MR) is 58.5 cm³/mol. The SMILES string of the molecule is Cc1[nH]c(=O)sc1S(=O)(=O)N[C@H](C)CN. The van der Waals surface area contributed by atoms with Crippen LogP contribution in [0.1, 0.15) is 12.6 Å². The van der Waals surface area contributed by atoms with Gasteiger partial charge in [0.1, 0.15) is 0 Å². The number of hydrogen-bond acceptors (Lipinski definition) is 5. The molecule has 0 aromatic carbocycles. The molecule has 8 heteroatoms. The lowest BCUT2D eigenvalue weighted by molar-refractivity contribution is 0.564. The molecule has 0 saturated heterocycles. The molecule has 1 rings (SSSR count). The lowest BCUT2D eigenvalue weighted by Crippen LogP contribution is -2.37. The van der Waals surface area contributed by atoms with Crippen molar-refractivity contribution in [2.45, 2.75) is 24.1 Å². The van der Waals surface area contributed by atoms with E-state index >= 15 is 0 Å². The molecule has 0 aliphatic rings. The number of sulfonamides is 1. The molecule has 4 N–H and O–H groups in total. The molecule has 0 radical (unpaired) electrons. The molecule has 0 unspecified atom stereocenters. The molecule has 0 fully saturated rings. The highest BCUT2D eigenvalue weighted by Gasteiger charge is 2.21. The Hall–Kier alpha value is -0.700. The van der Waals surface area contributed by atoms with E-state index in [2.05, 4.69) is 9.71 Å². The lowest BCUT2D eigenvalue weighted by atomic mass is 10.4. The van der Waals surface area contributed by atoms with Gasteiger partial charge in [-0.15, -0.1) is 0 Å². The first-order chi connectivity index (χ1) is 6.86. The van der Waals surface area contributed by atoms with Crippen molar-refractivity contribution in [3.63, 3.8) is 0 Å². The van der Waals surface area contributed by atoms with Crippen LogP contribution in [0.2, 0.25) is 0 Å². The van der Waals surface area contributed by atoms with Crippen LogP contribution in [0, 0.1) is 6.92 Å². The predicted octanol–water partition coefficient (Wildman–Crippen LogP) is -0.630. The summed E-state index contributed by atoms with van der Waals surface area (Å²) < 4.78 is 25.8. The smallest absolute Gasteiger partial charge is 0.305 e. The molecule has 0 amide bonds. The van der Waals surface area contributed by atoms with Gasteiger partial charge in [0.05, 0.1) is 0 Å². The van der Waals surface area contributed by atoms with Crippen LogP contribution >= 0.6 is 11.3 Å². The van der Waals surface area contributed by atoms with Crippen LogP contribution in [0.3, 0.4) is 0 Å². The maximum absolute atomic E-state index is 11.7. The monoisotopic (exact) mass is 251 g/mol. The summed E-state index contributed by atoms with van der Waals surface area (Å²) in [5.74, 6) is 0. The average Bonchev–Trinajstić information content (AvgIpc) is 2.45. The van der Waals surface area contributed by atoms with Gasteiger partial charge in [-0.2, -0.15) is 0 Å². The van der Waals surface area contributed by atoms with Crippen molar-refractivity contribution in [2.75, 3.05) is 6.54 Å². The van der Waals surface area contributed by atoms with Crippen molar-refractivity contribution in [1.82, 2.24) is 9.71 Å². The summed E-state index contributed by atoms with van der Waals surface area (Å²) in [5, 5.41) is 0. The molecule has 1 aromatic heterocycles. The van der Waals surface area contributed by atoms with E-state index in [1.54, 1.807) is 13.8 Å². The van der Waals surface area contributed by atoms with E-state index in [-0.39, 0.29) is 21.7 Å². The molecular weight excluding hydrogens is 238 g/mol. The van der Waals surface area contributed by atoms with Gasteiger partial charge in [0.15, 0.2) is 4.21 Å². The summed E-state index contributed by atoms with van der Waals surface area (Å²) in [5.41, 5.74) is 5.66. The summed E-state index contributed by atoms with van der Waals surface area (Å²) in [6.45, 7) is 3.40. The molecule has 1 atom stereocenters. The topological polar surface area (TPSA) is 105 Å². The minimum absolute atomic E-state index is 0.0211. The Balaban J connectivity index is 3.06. The quantitative estimate of drug-likeness (QED) is 0.662. The Morgan fingerprint density at radius 3 is 2.60 bits per heavy atom. The van der Waals surface area contributed by atoms with Gasteiger partial charge in [0.25, 0.3) is 10.0 Å². The Kier molecular flexibility index (Phi) is 3.66. The van der Waals surface area contributed by atoms with E-state index in [4.69, 9.17) is 5.73 Å². The van der Waals surface area contributed by atoms with Crippen LogP contribution in [0.4, 0.5) is 0 Å². The summed E-state index contributed by atoms with van der Waals surface area (Å²) >= 11 is 0.671. The standard InChI is InChI=1S/C7H13N3O3S2/c1-4(3-8)10-15(12,13)6-5(2)9-7(11)14-6/h4,10H,3,8H2,1-2H3,(H,9,11)/t4-/m1/s1. The van der Waals surface area contributed by atoms with E-state index in [1.165, 1.54) is 0 Å². The highest BCUT2D eigenvalue weighted by Crippen LogP contribution is 2.15. The van der Waals surface area contributed by atoms with E-state index in [1.807, 2.05) is 0 Å². The largest absolute Gasteiger partial charge is 0.329 e. The van der Waals surface area contributed by atoms with Crippen molar-refractivity contribution in [1.29, 1.82) is 0 Å². The van der Waals surface area contributed by atoms with Gasteiger partial charge in [0.2, 0.25) is 0 Å². The highest BCUT2D eigenvalue weighted by atomic mass is 32.2. The third-order valence-corrected chi connectivity index (χ3v) is 4.93. The van der Waals surface area contributed by atoms with Gasteiger partial charge in [-0.05, 0) is 13.8 Å². The van der Waals surface area contributed by atoms with Crippen molar-refractivity contribution in [3.8, 4) is 0 Å². The maximum Gasteiger partial charge on any atom is 0.305 e. The third kappa shape index (κ3) is 2.88. The first-order valence-electron chi connectivity index (χ1n) is 4.29.